The Balaban J connectivity index is 2.57. The van der Waals surface area contributed by atoms with E-state index in [1.165, 1.54) is 12.1 Å². The third-order valence-corrected chi connectivity index (χ3v) is 2.15. The minimum absolute atomic E-state index is 0.0976. The highest BCUT2D eigenvalue weighted by molar-refractivity contribution is 5.88. The highest BCUT2D eigenvalue weighted by Crippen LogP contribution is 2.15. The van der Waals surface area contributed by atoms with Crippen molar-refractivity contribution in [3.8, 4) is 11.8 Å². The normalized spacial score (nSPS) is 9.69. The van der Waals surface area contributed by atoms with E-state index in [4.69, 9.17) is 10.4 Å². The first-order chi connectivity index (χ1) is 7.72. The number of aromatic nitrogens is 2. The third-order valence-electron chi connectivity index (χ3n) is 2.15. The first-order valence-corrected chi connectivity index (χ1v) is 4.48. The molecule has 0 spiro atoms. The molecule has 2 aromatic rings. The van der Waals surface area contributed by atoms with Gasteiger partial charge in [-0.15, -0.1) is 0 Å². The van der Waals surface area contributed by atoms with Crippen LogP contribution in [0.25, 0.3) is 5.69 Å². The molecule has 0 saturated carbocycles. The van der Waals surface area contributed by atoms with Gasteiger partial charge in [0.2, 0.25) is 0 Å². The molecule has 0 aliphatic rings. The molecule has 0 fully saturated rings. The van der Waals surface area contributed by atoms with Gasteiger partial charge in [0.1, 0.15) is 6.07 Å². The first kappa shape index (κ1) is 9.93. The Kier molecular flexibility index (Phi) is 2.40. The summed E-state index contributed by atoms with van der Waals surface area (Å²) in [5.41, 5.74) is 1.02. The summed E-state index contributed by atoms with van der Waals surface area (Å²) >= 11 is 0. The second-order valence-electron chi connectivity index (χ2n) is 3.12. The van der Waals surface area contributed by atoms with Crippen LogP contribution in [0.15, 0.2) is 36.9 Å². The number of nitrogens with zero attached hydrogens (tertiary/aromatic N) is 3. The Hall–Kier alpha value is -2.61. The molecule has 0 unspecified atom stereocenters. The summed E-state index contributed by atoms with van der Waals surface area (Å²) in [4.78, 5) is 14.6. The minimum Gasteiger partial charge on any atom is -0.478 e. The van der Waals surface area contributed by atoms with Crippen molar-refractivity contribution in [2.75, 3.05) is 0 Å². The number of carboxylic acid groups (broad SMARTS) is 1. The molecule has 0 amide bonds. The lowest BCUT2D eigenvalue weighted by atomic mass is 10.1. The van der Waals surface area contributed by atoms with Crippen LogP contribution in [0.4, 0.5) is 0 Å². The molecular formula is C11H7N3O2. The van der Waals surface area contributed by atoms with E-state index in [1.54, 1.807) is 29.4 Å². The molecule has 1 aromatic heterocycles. The van der Waals surface area contributed by atoms with E-state index >= 15 is 0 Å². The number of nitriles is 1. The van der Waals surface area contributed by atoms with Crippen molar-refractivity contribution in [1.29, 1.82) is 5.26 Å². The van der Waals surface area contributed by atoms with Crippen molar-refractivity contribution >= 4 is 5.97 Å². The summed E-state index contributed by atoms with van der Waals surface area (Å²) in [6, 6.07) is 6.36. The summed E-state index contributed by atoms with van der Waals surface area (Å²) in [5.74, 6) is -1.05. The molecule has 1 heterocycles. The van der Waals surface area contributed by atoms with Gasteiger partial charge < -0.3 is 9.67 Å². The Bertz CT molecular complexity index is 567. The van der Waals surface area contributed by atoms with Crippen molar-refractivity contribution in [3.05, 3.63) is 48.0 Å². The van der Waals surface area contributed by atoms with E-state index in [-0.39, 0.29) is 5.56 Å². The molecular weight excluding hydrogens is 206 g/mol. The van der Waals surface area contributed by atoms with E-state index in [2.05, 4.69) is 4.98 Å². The van der Waals surface area contributed by atoms with E-state index in [9.17, 15) is 4.79 Å². The van der Waals surface area contributed by atoms with Crippen molar-refractivity contribution in [3.63, 3.8) is 0 Å². The molecule has 0 aliphatic carbocycles. The van der Waals surface area contributed by atoms with Crippen LogP contribution >= 0.6 is 0 Å². The van der Waals surface area contributed by atoms with E-state index in [1.807, 2.05) is 6.07 Å². The molecule has 0 aliphatic heterocycles. The summed E-state index contributed by atoms with van der Waals surface area (Å²) in [5, 5.41) is 17.7. The zero-order valence-corrected chi connectivity index (χ0v) is 8.16. The van der Waals surface area contributed by atoms with Gasteiger partial charge in [0.05, 0.1) is 23.1 Å². The molecule has 0 bridgehead atoms. The molecule has 0 atom stereocenters. The minimum atomic E-state index is -1.05. The molecule has 5 nitrogen and oxygen atoms in total. The molecule has 1 N–H and O–H groups in total. The second-order valence-corrected chi connectivity index (χ2v) is 3.12. The zero-order valence-electron chi connectivity index (χ0n) is 8.16. The van der Waals surface area contributed by atoms with Crippen LogP contribution in [-0.4, -0.2) is 20.6 Å². The lowest BCUT2D eigenvalue weighted by molar-refractivity contribution is 0.0697. The maximum Gasteiger partial charge on any atom is 0.335 e. The standard InChI is InChI=1S/C11H7N3O2/c12-6-9-5-8(11(15)16)1-2-10(9)14-4-3-13-7-14/h1-5,7H,(H,15,16). The van der Waals surface area contributed by atoms with Crippen LogP contribution in [0.5, 0.6) is 0 Å². The van der Waals surface area contributed by atoms with Crippen molar-refractivity contribution in [2.24, 2.45) is 0 Å². The fraction of sp³-hybridized carbons (Fsp3) is 0. The predicted molar refractivity (Wildman–Crippen MR) is 55.2 cm³/mol. The molecule has 1 aromatic carbocycles. The quantitative estimate of drug-likeness (QED) is 0.818. The Morgan fingerprint density at radius 2 is 2.31 bits per heavy atom. The molecule has 2 rings (SSSR count). The lowest BCUT2D eigenvalue weighted by Crippen LogP contribution is -2.00. The number of rotatable bonds is 2. The second kappa shape index (κ2) is 3.87. The van der Waals surface area contributed by atoms with Crippen LogP contribution in [0, 0.1) is 11.3 Å². The Morgan fingerprint density at radius 1 is 1.50 bits per heavy atom. The van der Waals surface area contributed by atoms with E-state index in [0.29, 0.717) is 11.3 Å². The average Bonchev–Trinajstić information content (AvgIpc) is 2.81. The highest BCUT2D eigenvalue weighted by atomic mass is 16.4. The van der Waals surface area contributed by atoms with Gasteiger partial charge in [0, 0.05) is 12.4 Å². The monoisotopic (exact) mass is 213 g/mol. The lowest BCUT2D eigenvalue weighted by Gasteiger charge is -2.05. The maximum absolute atomic E-state index is 10.7. The van der Waals surface area contributed by atoms with E-state index < -0.39 is 5.97 Å². The number of benzene rings is 1. The van der Waals surface area contributed by atoms with E-state index in [0.717, 1.165) is 0 Å². The summed E-state index contributed by atoms with van der Waals surface area (Å²) in [6.07, 6.45) is 4.83. The van der Waals surface area contributed by atoms with Crippen LogP contribution in [-0.2, 0) is 0 Å². The van der Waals surface area contributed by atoms with Crippen LogP contribution in [0.1, 0.15) is 15.9 Å². The number of imidazole rings is 1. The number of aromatic carboxylic acids is 1. The van der Waals surface area contributed by atoms with Crippen molar-refractivity contribution < 1.29 is 9.90 Å². The van der Waals surface area contributed by atoms with Gasteiger partial charge in [-0.05, 0) is 18.2 Å². The summed E-state index contributed by atoms with van der Waals surface area (Å²) in [7, 11) is 0. The third kappa shape index (κ3) is 1.64. The van der Waals surface area contributed by atoms with Gasteiger partial charge in [-0.3, -0.25) is 0 Å². The van der Waals surface area contributed by atoms with Crippen LogP contribution < -0.4 is 0 Å². The number of hydrogen-bond donors (Lipinski definition) is 1. The van der Waals surface area contributed by atoms with Crippen LogP contribution in [0.2, 0.25) is 0 Å². The van der Waals surface area contributed by atoms with Crippen molar-refractivity contribution in [1.82, 2.24) is 9.55 Å². The summed E-state index contributed by atoms with van der Waals surface area (Å²) < 4.78 is 1.66. The van der Waals surface area contributed by atoms with Gasteiger partial charge >= 0.3 is 5.97 Å². The molecule has 16 heavy (non-hydrogen) atoms. The maximum atomic E-state index is 10.7. The summed E-state index contributed by atoms with van der Waals surface area (Å²) in [6.45, 7) is 0. The van der Waals surface area contributed by atoms with Gasteiger partial charge in [-0.2, -0.15) is 5.26 Å². The van der Waals surface area contributed by atoms with Gasteiger partial charge in [-0.25, -0.2) is 9.78 Å². The fourth-order valence-electron chi connectivity index (χ4n) is 1.39. The SMILES string of the molecule is N#Cc1cc(C(=O)O)ccc1-n1ccnc1. The van der Waals surface area contributed by atoms with Gasteiger partial charge in [-0.1, -0.05) is 0 Å². The average molecular weight is 213 g/mol. The first-order valence-electron chi connectivity index (χ1n) is 4.48. The molecule has 0 saturated heterocycles. The molecule has 5 heteroatoms. The topological polar surface area (TPSA) is 78.9 Å². The van der Waals surface area contributed by atoms with Gasteiger partial charge in [0.15, 0.2) is 0 Å². The fourth-order valence-corrected chi connectivity index (χ4v) is 1.39. The predicted octanol–water partition coefficient (Wildman–Crippen LogP) is 1.44. The zero-order chi connectivity index (χ0) is 11.5. The number of carbonyl (C=O) groups is 1. The number of carboxylic acids is 1. The smallest absolute Gasteiger partial charge is 0.335 e. The molecule has 78 valence electrons. The van der Waals surface area contributed by atoms with Crippen LogP contribution in [0.3, 0.4) is 0 Å². The van der Waals surface area contributed by atoms with Crippen molar-refractivity contribution in [2.45, 2.75) is 0 Å². The highest BCUT2D eigenvalue weighted by Gasteiger charge is 2.08. The Morgan fingerprint density at radius 3 is 2.88 bits per heavy atom. The van der Waals surface area contributed by atoms with Gasteiger partial charge in [0.25, 0.3) is 0 Å². The Labute approximate surface area is 91.2 Å². The number of hydrogen-bond acceptors (Lipinski definition) is 3. The largest absolute Gasteiger partial charge is 0.478 e. The molecule has 0 radical (unpaired) electrons.